The molecule has 0 radical (unpaired) electrons. The second-order valence-electron chi connectivity index (χ2n) is 15.1. The van der Waals surface area contributed by atoms with Crippen LogP contribution in [-0.2, 0) is 33.1 Å². The van der Waals surface area contributed by atoms with Gasteiger partial charge in [0.25, 0.3) is 0 Å². The van der Waals surface area contributed by atoms with Gasteiger partial charge in [0.05, 0.1) is 9.79 Å². The molecule has 0 N–H and O–H groups in total. The van der Waals surface area contributed by atoms with Gasteiger partial charge in [0.15, 0.2) is 0 Å². The molecule has 0 unspecified atom stereocenters. The van der Waals surface area contributed by atoms with E-state index >= 15 is 0 Å². The zero-order valence-electron chi connectivity index (χ0n) is 33.9. The Labute approximate surface area is 364 Å². The number of unbranched alkanes of at least 4 members (excludes halogenated alkanes) is 20. The average Bonchev–Trinajstić information content (AvgIpc) is 3.15. The van der Waals surface area contributed by atoms with Crippen molar-refractivity contribution < 1.29 is 25.9 Å². The summed E-state index contributed by atoms with van der Waals surface area (Å²) in [7, 11) is -8.79. The number of rotatable bonds is 26. The molecule has 0 atom stereocenters. The molecule has 0 spiro atoms. The molecule has 0 bridgehead atoms. The minimum absolute atomic E-state index is 0. The van der Waals surface area contributed by atoms with Crippen molar-refractivity contribution in [3.63, 3.8) is 0 Å². The van der Waals surface area contributed by atoms with Crippen LogP contribution in [0.25, 0.3) is 21.5 Å². The molecule has 4 aromatic carbocycles. The van der Waals surface area contributed by atoms with Crippen LogP contribution >= 0.6 is 0 Å². The van der Waals surface area contributed by atoms with E-state index in [2.05, 4.69) is 26.0 Å². The van der Waals surface area contributed by atoms with Crippen LogP contribution in [-0.4, -0.2) is 63.7 Å². The van der Waals surface area contributed by atoms with Gasteiger partial charge >= 0.3 is 37.7 Å². The van der Waals surface area contributed by atoms with Gasteiger partial charge in [-0.15, -0.1) is 0 Å². The predicted molar refractivity (Wildman–Crippen MR) is 230 cm³/mol. The Morgan fingerprint density at radius 2 is 0.691 bits per heavy atom. The molecule has 0 saturated carbocycles. The predicted octanol–water partition coefficient (Wildman–Crippen LogP) is 12.8. The standard InChI is InChI=1S/2C23H34O3S.Ca/c2*1-2-3-4-5-6-7-8-9-10-11-12-14-20-15-13-16-21-19-22(27(24,25)26)17-18-23(20)21;/h2*13,15-19H,2-12,14H2,1H3,(H,24,25,26);/q;;+2/p-2. The molecule has 0 fully saturated rings. The molecule has 9 heteroatoms. The Morgan fingerprint density at radius 1 is 0.400 bits per heavy atom. The summed E-state index contributed by atoms with van der Waals surface area (Å²) in [4.78, 5) is -0.302. The Balaban J connectivity index is 0.000000373. The van der Waals surface area contributed by atoms with E-state index in [0.29, 0.717) is 0 Å². The zero-order valence-corrected chi connectivity index (χ0v) is 37.7. The zero-order chi connectivity index (χ0) is 39.1. The summed E-state index contributed by atoms with van der Waals surface area (Å²) in [5, 5.41) is 3.76. The van der Waals surface area contributed by atoms with Crippen LogP contribution in [0.15, 0.2) is 82.6 Å². The second kappa shape index (κ2) is 28.0. The van der Waals surface area contributed by atoms with Gasteiger partial charge in [-0.2, -0.15) is 0 Å². The van der Waals surface area contributed by atoms with Crippen LogP contribution in [0.3, 0.4) is 0 Å². The van der Waals surface area contributed by atoms with Gasteiger partial charge in [-0.25, -0.2) is 16.8 Å². The quantitative estimate of drug-likeness (QED) is 0.0354. The fourth-order valence-electron chi connectivity index (χ4n) is 7.36. The van der Waals surface area contributed by atoms with Crippen molar-refractivity contribution in [1.29, 1.82) is 0 Å². The van der Waals surface area contributed by atoms with Crippen molar-refractivity contribution in [3.8, 4) is 0 Å². The number of hydrogen-bond acceptors (Lipinski definition) is 6. The van der Waals surface area contributed by atoms with Crippen molar-refractivity contribution in [3.05, 3.63) is 83.9 Å². The second-order valence-corrected chi connectivity index (χ2v) is 17.8. The molecule has 0 heterocycles. The van der Waals surface area contributed by atoms with E-state index in [0.717, 1.165) is 47.2 Å². The monoisotopic (exact) mass is 818 g/mol. The summed E-state index contributed by atoms with van der Waals surface area (Å²) >= 11 is 0. The Hall–Kier alpha value is -1.52. The summed E-state index contributed by atoms with van der Waals surface area (Å²) in [6.07, 6.45) is 31.2. The Bertz CT molecular complexity index is 1740. The Morgan fingerprint density at radius 3 is 0.982 bits per heavy atom. The van der Waals surface area contributed by atoms with Gasteiger partial charge in [0.2, 0.25) is 0 Å². The maximum atomic E-state index is 11.2. The fraction of sp³-hybridized carbons (Fsp3) is 0.565. The number of aryl methyl sites for hydroxylation is 2. The minimum Gasteiger partial charge on any atom is -0.744 e. The van der Waals surface area contributed by atoms with E-state index in [9.17, 15) is 25.9 Å². The normalized spacial score (nSPS) is 11.7. The third-order valence-corrected chi connectivity index (χ3v) is 12.2. The van der Waals surface area contributed by atoms with Gasteiger partial charge in [0.1, 0.15) is 20.2 Å². The summed E-state index contributed by atoms with van der Waals surface area (Å²) in [6.45, 7) is 4.51. The molecule has 0 aliphatic rings. The summed E-state index contributed by atoms with van der Waals surface area (Å²) in [5.41, 5.74) is 2.47. The minimum atomic E-state index is -4.40. The molecule has 0 aromatic heterocycles. The van der Waals surface area contributed by atoms with Crippen molar-refractivity contribution in [2.45, 2.75) is 178 Å². The van der Waals surface area contributed by atoms with Crippen LogP contribution in [0.5, 0.6) is 0 Å². The van der Waals surface area contributed by atoms with Gasteiger partial charge < -0.3 is 9.11 Å². The first-order valence-corrected chi connectivity index (χ1v) is 23.8. The van der Waals surface area contributed by atoms with Crippen molar-refractivity contribution in [2.75, 3.05) is 0 Å². The number of hydrogen-bond donors (Lipinski definition) is 0. The SMILES string of the molecule is CCCCCCCCCCCCCc1cccc2cc(S(=O)(=O)[O-])ccc12.CCCCCCCCCCCCCc1cccc2cc(S(=O)(=O)[O-])ccc12.[Ca+2]. The number of benzene rings is 4. The van der Waals surface area contributed by atoms with E-state index in [1.54, 1.807) is 12.1 Å². The Kier molecular flexibility index (Phi) is 25.3. The van der Waals surface area contributed by atoms with Crippen molar-refractivity contribution in [2.24, 2.45) is 0 Å². The molecule has 4 aromatic rings. The molecule has 0 saturated heterocycles. The molecule has 6 nitrogen and oxygen atoms in total. The molecule has 300 valence electrons. The molecule has 55 heavy (non-hydrogen) atoms. The van der Waals surface area contributed by atoms with Gasteiger partial charge in [-0.05, 0) is 82.6 Å². The first kappa shape index (κ1) is 49.6. The molecule has 0 amide bonds. The maximum Gasteiger partial charge on any atom is 2.00 e. The maximum absolute atomic E-state index is 11.2. The molecular formula is C46H66CaO6S2. The largest absolute Gasteiger partial charge is 2.00 e. The molecule has 0 aliphatic carbocycles. The summed E-state index contributed by atoms with van der Waals surface area (Å²) in [5.74, 6) is 0. The van der Waals surface area contributed by atoms with Gasteiger partial charge in [-0.3, -0.25) is 0 Å². The van der Waals surface area contributed by atoms with Crippen LogP contribution < -0.4 is 0 Å². The summed E-state index contributed by atoms with van der Waals surface area (Å²) < 4.78 is 67.1. The molecule has 0 aliphatic heterocycles. The molecular weight excluding hydrogens is 753 g/mol. The van der Waals surface area contributed by atoms with Crippen LogP contribution in [0, 0.1) is 0 Å². The molecule has 4 rings (SSSR count). The topological polar surface area (TPSA) is 114 Å². The van der Waals surface area contributed by atoms with Gasteiger partial charge in [0, 0.05) is 0 Å². The third kappa shape index (κ3) is 19.7. The number of fused-ring (bicyclic) bond motifs is 2. The van der Waals surface area contributed by atoms with Gasteiger partial charge in [-0.1, -0.05) is 191 Å². The van der Waals surface area contributed by atoms with Crippen LogP contribution in [0.4, 0.5) is 0 Å². The average molecular weight is 819 g/mol. The van der Waals surface area contributed by atoms with Crippen LogP contribution in [0.2, 0.25) is 0 Å². The van der Waals surface area contributed by atoms with Crippen molar-refractivity contribution >= 4 is 79.5 Å². The summed E-state index contributed by atoms with van der Waals surface area (Å²) in [6, 6.07) is 21.2. The third-order valence-electron chi connectivity index (χ3n) is 10.6. The first-order chi connectivity index (χ1) is 26.0. The van der Waals surface area contributed by atoms with E-state index in [1.807, 2.05) is 24.3 Å². The van der Waals surface area contributed by atoms with E-state index < -0.39 is 20.2 Å². The van der Waals surface area contributed by atoms with E-state index in [1.165, 1.54) is 164 Å². The van der Waals surface area contributed by atoms with E-state index in [-0.39, 0.29) is 47.5 Å². The smallest absolute Gasteiger partial charge is 0.744 e. The first-order valence-electron chi connectivity index (χ1n) is 21.0. The fourth-order valence-corrected chi connectivity index (χ4v) is 8.38. The van der Waals surface area contributed by atoms with Crippen LogP contribution in [0.1, 0.15) is 166 Å². The van der Waals surface area contributed by atoms with E-state index in [4.69, 9.17) is 0 Å². The van der Waals surface area contributed by atoms with Crippen molar-refractivity contribution in [1.82, 2.24) is 0 Å².